The molecule has 3 aliphatic rings. The molecule has 18 nitrogen and oxygen atoms in total. The fourth-order valence-electron chi connectivity index (χ4n) is 5.13. The minimum atomic E-state index is -4.44. The quantitative estimate of drug-likeness (QED) is 0.0525. The molecule has 20 heteroatoms. The number of likely N-dealkylation sites (N-methyl/N-ethyl adjacent to an activating group) is 1. The minimum Gasteiger partial charge on any atom is -0.543 e. The van der Waals surface area contributed by atoms with Crippen molar-refractivity contribution >= 4 is 57.8 Å². The maximum absolute atomic E-state index is 13.7. The Labute approximate surface area is 283 Å². The van der Waals surface area contributed by atoms with Gasteiger partial charge in [-0.3, -0.25) is 38.6 Å². The monoisotopic (exact) mass is 670 g/mol. The number of carboxylic acid groups (broad SMARTS) is 1. The second kappa shape index (κ2) is 14.4. The molecule has 3 aliphatic heterocycles. The van der Waals surface area contributed by atoms with E-state index in [9.17, 15) is 51.9 Å². The van der Waals surface area contributed by atoms with E-state index in [1.165, 1.54) is 29.2 Å². The number of imide groups is 1. The number of aliphatic carboxylic acids is 1. The van der Waals surface area contributed by atoms with Crippen LogP contribution >= 0.6 is 0 Å². The van der Waals surface area contributed by atoms with Crippen molar-refractivity contribution in [1.29, 1.82) is 0 Å². The summed E-state index contributed by atoms with van der Waals surface area (Å²) in [6, 6.07) is 3.04. The molecule has 0 radical (unpaired) electrons. The van der Waals surface area contributed by atoms with E-state index in [0.717, 1.165) is 6.92 Å². The molecule has 4 atom stereocenters. The number of hydrogen-bond acceptors (Lipinski definition) is 12. The van der Waals surface area contributed by atoms with Gasteiger partial charge in [-0.05, 0) is 12.5 Å². The van der Waals surface area contributed by atoms with Crippen LogP contribution in [-0.4, -0.2) is 114 Å². The van der Waals surface area contributed by atoms with Gasteiger partial charge in [0.2, 0.25) is 18.5 Å². The Bertz CT molecular complexity index is 1620. The number of fused-ring (bicyclic) bond motifs is 1. The van der Waals surface area contributed by atoms with E-state index < -0.39 is 92.1 Å². The van der Waals surface area contributed by atoms with E-state index in [-0.39, 0.29) is 61.2 Å². The van der Waals surface area contributed by atoms with Gasteiger partial charge >= 0.3 is 53.4 Å². The van der Waals surface area contributed by atoms with Crippen molar-refractivity contribution in [2.45, 2.75) is 37.5 Å². The number of piperazine rings is 1. The molecule has 4 rings (SSSR count). The van der Waals surface area contributed by atoms with Gasteiger partial charge in [-0.15, -0.1) is 0 Å². The van der Waals surface area contributed by atoms with Crippen LogP contribution in [0, 0.1) is 0 Å². The summed E-state index contributed by atoms with van der Waals surface area (Å²) < 4.78 is 31.4. The van der Waals surface area contributed by atoms with E-state index in [1.807, 2.05) is 5.32 Å². The molecule has 1 aromatic carbocycles. The van der Waals surface area contributed by atoms with Gasteiger partial charge < -0.3 is 35.5 Å². The van der Waals surface area contributed by atoms with Crippen molar-refractivity contribution < 1.29 is 86.2 Å². The Morgan fingerprint density at radius 3 is 2.28 bits per heavy atom. The summed E-state index contributed by atoms with van der Waals surface area (Å²) in [6.07, 6.45) is -2.04. The third kappa shape index (κ3) is 6.91. The molecule has 0 aromatic heterocycles. The van der Waals surface area contributed by atoms with E-state index in [1.54, 1.807) is 13.0 Å². The third-order valence-corrected chi connectivity index (χ3v) is 9.16. The summed E-state index contributed by atoms with van der Waals surface area (Å²) in [5, 5.41) is 16.9. The molecule has 3 N–H and O–H groups in total. The Morgan fingerprint density at radius 1 is 1.07 bits per heavy atom. The number of carbonyl (C=O) groups is 8. The van der Waals surface area contributed by atoms with Gasteiger partial charge in [0.15, 0.2) is 15.2 Å². The van der Waals surface area contributed by atoms with E-state index in [4.69, 9.17) is 4.74 Å². The maximum atomic E-state index is 13.7. The molecule has 0 spiro atoms. The first-order valence-electron chi connectivity index (χ1n) is 13.4. The molecule has 240 valence electrons. The number of urea groups is 1. The van der Waals surface area contributed by atoms with Crippen LogP contribution in [-0.2, 0) is 48.1 Å². The number of esters is 1. The second-order valence-electron chi connectivity index (χ2n) is 9.96. The Kier molecular flexibility index (Phi) is 11.3. The van der Waals surface area contributed by atoms with Crippen LogP contribution < -0.4 is 50.6 Å². The molecule has 0 aliphatic carbocycles. The van der Waals surface area contributed by atoms with Crippen LogP contribution in [0.25, 0.3) is 0 Å². The normalized spacial score (nSPS) is 21.5. The summed E-state index contributed by atoms with van der Waals surface area (Å²) >= 11 is 0. The molecule has 2 unspecified atom stereocenters. The van der Waals surface area contributed by atoms with Gasteiger partial charge in [0.1, 0.15) is 12.1 Å². The van der Waals surface area contributed by atoms with E-state index >= 15 is 0 Å². The van der Waals surface area contributed by atoms with Crippen LogP contribution in [0.4, 0.5) is 4.79 Å². The number of sulfone groups is 1. The largest absolute Gasteiger partial charge is 1.00 e. The molecular formula is C26H27N6NaO12S. The van der Waals surface area contributed by atoms with E-state index in [0.29, 0.717) is 9.80 Å². The number of amides is 7. The number of hydrogen-bond donors (Lipinski definition) is 3. The van der Waals surface area contributed by atoms with Crippen molar-refractivity contribution in [3.63, 3.8) is 0 Å². The topological polar surface area (TPSA) is 249 Å². The summed E-state index contributed by atoms with van der Waals surface area (Å²) in [5.74, 6) is -8.63. The van der Waals surface area contributed by atoms with Crippen molar-refractivity contribution in [2.75, 3.05) is 25.4 Å². The molecule has 3 heterocycles. The average Bonchev–Trinajstić information content (AvgIpc) is 2.98. The number of nitrogens with zero attached hydrogens (tertiary/aromatic N) is 3. The zero-order valence-electron chi connectivity index (χ0n) is 24.8. The number of ether oxygens (including phenoxy) is 1. The number of benzene rings is 1. The zero-order valence-corrected chi connectivity index (χ0v) is 27.6. The van der Waals surface area contributed by atoms with Crippen molar-refractivity contribution in [3.8, 4) is 0 Å². The molecule has 0 bridgehead atoms. The first-order valence-corrected chi connectivity index (χ1v) is 15.1. The predicted octanol–water partition coefficient (Wildman–Crippen LogP) is -7.15. The van der Waals surface area contributed by atoms with Crippen LogP contribution in [0.2, 0.25) is 0 Å². The van der Waals surface area contributed by atoms with Crippen LogP contribution in [0.5, 0.6) is 0 Å². The second-order valence-corrected chi connectivity index (χ2v) is 12.1. The van der Waals surface area contributed by atoms with Gasteiger partial charge in [-0.25, -0.2) is 13.2 Å². The predicted molar refractivity (Wildman–Crippen MR) is 145 cm³/mol. The summed E-state index contributed by atoms with van der Waals surface area (Å²) in [5.41, 5.74) is -1.63. The van der Waals surface area contributed by atoms with Gasteiger partial charge in [0.25, 0.3) is 5.91 Å². The fraction of sp³-hybridized carbons (Fsp3) is 0.385. The summed E-state index contributed by atoms with van der Waals surface area (Å²) in [7, 11) is -4.44. The standard InChI is InChI=1S/C26H28N6O12S.Na/c1-3-30-9-10-31(23(38)22(30)37)26(41)28-16(14-7-5-4-6-8-14)19(35)29-20(44-13(2)34)15-11-45(42,43)24-17(27-12-33)21(36)32(24)18(15)25(39)40;/h4-8,12,16-17,20,24H,3,9-11H2,1-2H3,(H,27,33)(H,28,41)(H,29,35)(H,39,40);/q;+1/p-1/t16?,17-,20?,24-;/m1./s1. The summed E-state index contributed by atoms with van der Waals surface area (Å²) in [4.78, 5) is 102. The van der Waals surface area contributed by atoms with Gasteiger partial charge in [0.05, 0.1) is 17.4 Å². The third-order valence-electron chi connectivity index (χ3n) is 7.23. The fourth-order valence-corrected chi connectivity index (χ4v) is 7.17. The molecule has 0 saturated carbocycles. The Hall–Kier alpha value is -4.33. The SMILES string of the molecule is CCN1CCN(C(=O)NC(C(=O)NC(OC(C)=O)C2=C(C(=O)[O-])N3C(=O)[C@@H](NC=O)[C@H]3S(=O)(=O)C2)c2ccccc2)C(=O)C1=O.[Na+]. The Morgan fingerprint density at radius 2 is 1.72 bits per heavy atom. The van der Waals surface area contributed by atoms with Gasteiger partial charge in [-0.1, -0.05) is 30.3 Å². The van der Waals surface area contributed by atoms with Crippen molar-refractivity contribution in [1.82, 2.24) is 30.7 Å². The average molecular weight is 671 g/mol. The molecule has 46 heavy (non-hydrogen) atoms. The number of carbonyl (C=O) groups excluding carboxylic acids is 8. The smallest absolute Gasteiger partial charge is 0.543 e. The molecular weight excluding hydrogens is 643 g/mol. The maximum Gasteiger partial charge on any atom is 1.00 e. The number of β-lactam (4-membered cyclic amide) rings is 1. The first kappa shape index (κ1) is 36.1. The van der Waals surface area contributed by atoms with Gasteiger partial charge in [0, 0.05) is 32.1 Å². The molecule has 2 fully saturated rings. The van der Waals surface area contributed by atoms with E-state index in [2.05, 4.69) is 10.6 Å². The molecule has 1 aromatic rings. The summed E-state index contributed by atoms with van der Waals surface area (Å²) in [6.45, 7) is 2.61. The zero-order chi connectivity index (χ0) is 33.2. The number of carboxylic acids is 1. The molecule has 7 amide bonds. The van der Waals surface area contributed by atoms with Crippen LogP contribution in [0.1, 0.15) is 25.5 Å². The Balaban J connectivity index is 0.00000576. The first-order chi connectivity index (χ1) is 21.2. The number of rotatable bonds is 10. The molecule has 2 saturated heterocycles. The van der Waals surface area contributed by atoms with Crippen LogP contribution in [0.3, 0.4) is 0 Å². The van der Waals surface area contributed by atoms with Crippen LogP contribution in [0.15, 0.2) is 41.6 Å². The minimum absolute atomic E-state index is 0. The van der Waals surface area contributed by atoms with Crippen molar-refractivity contribution in [2.24, 2.45) is 0 Å². The van der Waals surface area contributed by atoms with Crippen molar-refractivity contribution in [3.05, 3.63) is 47.2 Å². The van der Waals surface area contributed by atoms with Gasteiger partial charge in [-0.2, -0.15) is 0 Å². The number of nitrogens with one attached hydrogen (secondary N) is 3.